The van der Waals surface area contributed by atoms with Gasteiger partial charge in [-0.1, -0.05) is 6.08 Å². The van der Waals surface area contributed by atoms with Crippen LogP contribution in [0.15, 0.2) is 18.2 Å². The summed E-state index contributed by atoms with van der Waals surface area (Å²) in [5.74, 6) is 2.45. The predicted molar refractivity (Wildman–Crippen MR) is 75.1 cm³/mol. The fourth-order valence-electron chi connectivity index (χ4n) is 3.13. The number of rotatable bonds is 2. The number of fused-ring (bicyclic) bond motifs is 2. The molecule has 0 aliphatic carbocycles. The summed E-state index contributed by atoms with van der Waals surface area (Å²) in [6.45, 7) is 3.83. The van der Waals surface area contributed by atoms with Crippen molar-refractivity contribution in [1.82, 2.24) is 4.90 Å². The molecule has 3 heterocycles. The molecular weight excluding hydrogens is 256 g/mol. The van der Waals surface area contributed by atoms with Crippen LogP contribution in [0.1, 0.15) is 12.0 Å². The number of hydrogen-bond acceptors (Lipinski definition) is 5. The molecule has 1 spiro atoms. The van der Waals surface area contributed by atoms with Crippen LogP contribution in [0.25, 0.3) is 6.08 Å². The summed E-state index contributed by atoms with van der Waals surface area (Å²) in [7, 11) is 0. The molecule has 0 radical (unpaired) electrons. The minimum atomic E-state index is -0.212. The Morgan fingerprint density at radius 3 is 2.90 bits per heavy atom. The number of nitrogens with zero attached hydrogens (tertiary/aromatic N) is 1. The highest BCUT2D eigenvalue weighted by Crippen LogP contribution is 2.43. The van der Waals surface area contributed by atoms with Gasteiger partial charge in [0.15, 0.2) is 11.5 Å². The van der Waals surface area contributed by atoms with Gasteiger partial charge in [0.2, 0.25) is 6.79 Å². The Hall–Kier alpha value is -1.72. The third-order valence-electron chi connectivity index (χ3n) is 4.17. The van der Waals surface area contributed by atoms with Crippen LogP contribution in [0.4, 0.5) is 0 Å². The van der Waals surface area contributed by atoms with E-state index in [2.05, 4.69) is 17.1 Å². The van der Waals surface area contributed by atoms with Crippen LogP contribution >= 0.6 is 0 Å². The number of benzene rings is 1. The summed E-state index contributed by atoms with van der Waals surface area (Å²) in [4.78, 5) is 2.35. The number of hydrogen-bond donors (Lipinski definition) is 1. The SMILES string of the molecule is NCCN1CCC2(C=Cc3cc4c(cc3O2)OCO4)C1. The summed E-state index contributed by atoms with van der Waals surface area (Å²) < 4.78 is 17.1. The zero-order chi connectivity index (χ0) is 13.6. The molecule has 3 aliphatic heterocycles. The maximum absolute atomic E-state index is 6.28. The number of likely N-dealkylation sites (tertiary alicyclic amines) is 1. The number of nitrogens with two attached hydrogens (primary N) is 1. The van der Waals surface area contributed by atoms with Gasteiger partial charge in [0, 0.05) is 44.2 Å². The van der Waals surface area contributed by atoms with E-state index >= 15 is 0 Å². The number of ether oxygens (including phenoxy) is 3. The fraction of sp³-hybridized carbons (Fsp3) is 0.467. The van der Waals surface area contributed by atoms with Gasteiger partial charge in [0.25, 0.3) is 0 Å². The second-order valence-electron chi connectivity index (χ2n) is 5.56. The average molecular weight is 274 g/mol. The van der Waals surface area contributed by atoms with Gasteiger partial charge in [-0.05, 0) is 12.1 Å². The first-order valence-electron chi connectivity index (χ1n) is 7.02. The molecule has 0 aromatic heterocycles. The Balaban J connectivity index is 1.61. The van der Waals surface area contributed by atoms with E-state index in [0.29, 0.717) is 6.54 Å². The van der Waals surface area contributed by atoms with Crippen molar-refractivity contribution in [3.8, 4) is 17.2 Å². The monoisotopic (exact) mass is 274 g/mol. The molecule has 1 aromatic rings. The van der Waals surface area contributed by atoms with E-state index in [1.165, 1.54) is 0 Å². The molecule has 3 aliphatic rings. The van der Waals surface area contributed by atoms with Gasteiger partial charge >= 0.3 is 0 Å². The zero-order valence-corrected chi connectivity index (χ0v) is 11.3. The lowest BCUT2D eigenvalue weighted by molar-refractivity contribution is 0.123. The lowest BCUT2D eigenvalue weighted by atomic mass is 9.97. The summed E-state index contributed by atoms with van der Waals surface area (Å²) in [5.41, 5.74) is 6.47. The van der Waals surface area contributed by atoms with Crippen molar-refractivity contribution in [3.05, 3.63) is 23.8 Å². The molecule has 106 valence electrons. The van der Waals surface area contributed by atoms with Gasteiger partial charge in [0.05, 0.1) is 0 Å². The molecule has 1 unspecified atom stereocenters. The standard InChI is InChI=1S/C15H18N2O3/c16-4-6-17-5-3-15(9-17)2-1-11-7-13-14(19-10-18-13)8-12(11)20-15/h1-2,7-8H,3-6,9-10,16H2. The molecule has 0 amide bonds. The Morgan fingerprint density at radius 1 is 1.20 bits per heavy atom. The summed E-state index contributed by atoms with van der Waals surface area (Å²) in [6.07, 6.45) is 5.30. The van der Waals surface area contributed by atoms with Crippen LogP contribution in [0, 0.1) is 0 Å². The predicted octanol–water partition coefficient (Wildman–Crippen LogP) is 1.22. The first kappa shape index (κ1) is 12.1. The summed E-state index contributed by atoms with van der Waals surface area (Å²) in [5, 5.41) is 0. The lowest BCUT2D eigenvalue weighted by Gasteiger charge is -2.31. The Morgan fingerprint density at radius 2 is 2.05 bits per heavy atom. The van der Waals surface area contributed by atoms with Crippen molar-refractivity contribution >= 4 is 6.08 Å². The lowest BCUT2D eigenvalue weighted by Crippen LogP contribution is -2.39. The Labute approximate surface area is 117 Å². The highest BCUT2D eigenvalue weighted by molar-refractivity contribution is 5.66. The van der Waals surface area contributed by atoms with Gasteiger partial charge < -0.3 is 19.9 Å². The average Bonchev–Trinajstić information content (AvgIpc) is 3.04. The third kappa shape index (κ3) is 1.85. The van der Waals surface area contributed by atoms with E-state index < -0.39 is 0 Å². The van der Waals surface area contributed by atoms with Crippen LogP contribution < -0.4 is 19.9 Å². The highest BCUT2D eigenvalue weighted by Gasteiger charge is 2.40. The highest BCUT2D eigenvalue weighted by atomic mass is 16.7. The van der Waals surface area contributed by atoms with E-state index in [0.717, 1.165) is 48.9 Å². The van der Waals surface area contributed by atoms with Crippen molar-refractivity contribution < 1.29 is 14.2 Å². The van der Waals surface area contributed by atoms with Crippen LogP contribution in [0.3, 0.4) is 0 Å². The molecule has 20 heavy (non-hydrogen) atoms. The van der Waals surface area contributed by atoms with Gasteiger partial charge in [-0.3, -0.25) is 4.90 Å². The van der Waals surface area contributed by atoms with E-state index in [4.69, 9.17) is 19.9 Å². The largest absolute Gasteiger partial charge is 0.481 e. The van der Waals surface area contributed by atoms with Crippen LogP contribution in [-0.4, -0.2) is 43.5 Å². The third-order valence-corrected chi connectivity index (χ3v) is 4.17. The van der Waals surface area contributed by atoms with Gasteiger partial charge in [0.1, 0.15) is 11.4 Å². The van der Waals surface area contributed by atoms with Crippen molar-refractivity contribution in [2.45, 2.75) is 12.0 Å². The maximum atomic E-state index is 6.28. The molecule has 1 saturated heterocycles. The maximum Gasteiger partial charge on any atom is 0.231 e. The summed E-state index contributed by atoms with van der Waals surface area (Å²) >= 11 is 0. The first-order valence-corrected chi connectivity index (χ1v) is 7.02. The van der Waals surface area contributed by atoms with Crippen molar-refractivity contribution in [1.29, 1.82) is 0 Å². The molecule has 5 nitrogen and oxygen atoms in total. The van der Waals surface area contributed by atoms with E-state index in [1.54, 1.807) is 0 Å². The molecule has 4 rings (SSSR count). The molecule has 2 N–H and O–H groups in total. The molecule has 1 atom stereocenters. The van der Waals surface area contributed by atoms with E-state index in [9.17, 15) is 0 Å². The van der Waals surface area contributed by atoms with Crippen LogP contribution in [0.5, 0.6) is 17.2 Å². The molecule has 5 heteroatoms. The van der Waals surface area contributed by atoms with Crippen LogP contribution in [0.2, 0.25) is 0 Å². The molecule has 0 bridgehead atoms. The fourth-order valence-corrected chi connectivity index (χ4v) is 3.13. The topological polar surface area (TPSA) is 57.0 Å². The van der Waals surface area contributed by atoms with Gasteiger partial charge in [-0.25, -0.2) is 0 Å². The van der Waals surface area contributed by atoms with Crippen molar-refractivity contribution in [2.24, 2.45) is 5.73 Å². The Kier molecular flexibility index (Phi) is 2.65. The minimum absolute atomic E-state index is 0.212. The minimum Gasteiger partial charge on any atom is -0.481 e. The molecule has 0 saturated carbocycles. The van der Waals surface area contributed by atoms with Crippen LogP contribution in [-0.2, 0) is 0 Å². The second kappa shape index (κ2) is 4.40. The smallest absolute Gasteiger partial charge is 0.231 e. The first-order chi connectivity index (χ1) is 9.78. The molecule has 1 fully saturated rings. The van der Waals surface area contributed by atoms with Crippen molar-refractivity contribution in [3.63, 3.8) is 0 Å². The van der Waals surface area contributed by atoms with E-state index in [1.807, 2.05) is 12.1 Å². The van der Waals surface area contributed by atoms with Gasteiger partial charge in [-0.2, -0.15) is 0 Å². The van der Waals surface area contributed by atoms with Crippen molar-refractivity contribution in [2.75, 3.05) is 33.0 Å². The molecule has 1 aromatic carbocycles. The second-order valence-corrected chi connectivity index (χ2v) is 5.56. The van der Waals surface area contributed by atoms with Gasteiger partial charge in [-0.15, -0.1) is 0 Å². The normalized spacial score (nSPS) is 26.9. The quantitative estimate of drug-likeness (QED) is 0.879. The summed E-state index contributed by atoms with van der Waals surface area (Å²) in [6, 6.07) is 3.92. The Bertz CT molecular complexity index is 572. The van der Waals surface area contributed by atoms with E-state index in [-0.39, 0.29) is 12.4 Å². The molecular formula is C15H18N2O3. The zero-order valence-electron chi connectivity index (χ0n) is 11.3.